The SMILES string of the molecule is CNC(=O)c1ccccc1S(=O)(=O)N1CC2(CN(C(=O)N3CC4(CC(n5cnc(C6CC6)n5)C4)C3)C2)C1. The highest BCUT2D eigenvalue weighted by Crippen LogP contribution is 2.54. The van der Waals surface area contributed by atoms with Gasteiger partial charge in [0.05, 0.1) is 16.5 Å². The minimum absolute atomic E-state index is 0.0239. The van der Waals surface area contributed by atoms with Gasteiger partial charge in [0, 0.05) is 63.1 Å². The van der Waals surface area contributed by atoms with E-state index in [-0.39, 0.29) is 27.3 Å². The van der Waals surface area contributed by atoms with Gasteiger partial charge < -0.3 is 15.1 Å². The van der Waals surface area contributed by atoms with E-state index in [2.05, 4.69) is 15.4 Å². The van der Waals surface area contributed by atoms with Crippen molar-refractivity contribution in [3.05, 3.63) is 42.0 Å². The van der Waals surface area contributed by atoms with Gasteiger partial charge in [-0.15, -0.1) is 0 Å². The van der Waals surface area contributed by atoms with Gasteiger partial charge in [0.1, 0.15) is 6.33 Å². The lowest BCUT2D eigenvalue weighted by atomic mass is 9.60. The number of hydrogen-bond acceptors (Lipinski definition) is 6. The van der Waals surface area contributed by atoms with Crippen LogP contribution in [0.5, 0.6) is 0 Å². The molecule has 11 nitrogen and oxygen atoms in total. The predicted octanol–water partition coefficient (Wildman–Crippen LogP) is 1.28. The van der Waals surface area contributed by atoms with Crippen LogP contribution in [0, 0.1) is 10.8 Å². The molecule has 5 fully saturated rings. The van der Waals surface area contributed by atoms with Crippen molar-refractivity contribution in [2.45, 2.75) is 42.5 Å². The summed E-state index contributed by atoms with van der Waals surface area (Å²) in [4.78, 5) is 33.4. The van der Waals surface area contributed by atoms with Crippen molar-refractivity contribution in [1.82, 2.24) is 34.2 Å². The summed E-state index contributed by atoms with van der Waals surface area (Å²) in [6.45, 7) is 3.45. The number of sulfonamides is 1. The molecule has 1 aromatic carbocycles. The molecule has 0 radical (unpaired) electrons. The molecule has 0 bridgehead atoms. The third-order valence-corrected chi connectivity index (χ3v) is 10.7. The van der Waals surface area contributed by atoms with Gasteiger partial charge in [-0.1, -0.05) is 12.1 Å². The van der Waals surface area contributed by atoms with Crippen LogP contribution in [-0.4, -0.2) is 95.5 Å². The summed E-state index contributed by atoms with van der Waals surface area (Å²) in [5.74, 6) is 1.12. The number of benzene rings is 1. The number of nitrogens with one attached hydrogen (secondary N) is 1. The number of nitrogens with zero attached hydrogens (tertiary/aromatic N) is 6. The number of likely N-dealkylation sites (tertiary alicyclic amines) is 2. The smallest absolute Gasteiger partial charge is 0.320 e. The van der Waals surface area contributed by atoms with Crippen LogP contribution in [0.2, 0.25) is 0 Å². The fraction of sp³-hybridized carbons (Fsp3) is 0.600. The lowest BCUT2D eigenvalue weighted by molar-refractivity contribution is -0.101. The molecular formula is C25H31N7O4S. The van der Waals surface area contributed by atoms with E-state index < -0.39 is 15.9 Å². The Kier molecular flexibility index (Phi) is 4.86. The minimum Gasteiger partial charge on any atom is -0.355 e. The molecule has 3 saturated heterocycles. The van der Waals surface area contributed by atoms with Crippen molar-refractivity contribution < 1.29 is 18.0 Å². The van der Waals surface area contributed by atoms with Crippen LogP contribution in [0.1, 0.15) is 53.8 Å². The van der Waals surface area contributed by atoms with Crippen LogP contribution in [-0.2, 0) is 10.0 Å². The van der Waals surface area contributed by atoms with E-state index in [0.29, 0.717) is 38.1 Å². The largest absolute Gasteiger partial charge is 0.355 e. The van der Waals surface area contributed by atoms with Gasteiger partial charge in [-0.2, -0.15) is 9.40 Å². The van der Waals surface area contributed by atoms with Gasteiger partial charge in [-0.3, -0.25) is 4.79 Å². The molecule has 1 N–H and O–H groups in total. The molecule has 0 unspecified atom stereocenters. The molecule has 5 aliphatic rings. The zero-order chi connectivity index (χ0) is 25.6. The van der Waals surface area contributed by atoms with E-state index in [1.54, 1.807) is 12.1 Å². The Hall–Kier alpha value is -2.99. The maximum Gasteiger partial charge on any atom is 0.320 e. The average molecular weight is 526 g/mol. The van der Waals surface area contributed by atoms with Crippen LogP contribution < -0.4 is 5.32 Å². The fourth-order valence-corrected chi connectivity index (χ4v) is 8.46. The standard InChI is InChI=1S/C25H31N7O4S/c1-26-22(33)19-4-2-3-5-20(19)37(35,36)31-14-25(15-31)12-30(13-25)23(34)29-10-24(11-29)8-18(9-24)32-16-27-21(28-32)17-6-7-17/h2-5,16-18H,6-15H2,1H3,(H,26,33). The number of carbonyl (C=O) groups is 2. The molecule has 3 amide bonds. The fourth-order valence-electron chi connectivity index (χ4n) is 6.60. The van der Waals surface area contributed by atoms with Crippen LogP contribution >= 0.6 is 0 Å². The van der Waals surface area contributed by atoms with Gasteiger partial charge in [0.25, 0.3) is 5.91 Å². The van der Waals surface area contributed by atoms with E-state index in [0.717, 1.165) is 31.8 Å². The third kappa shape index (κ3) is 3.59. The number of carbonyl (C=O) groups excluding carboxylic acids is 2. The first kappa shape index (κ1) is 23.2. The van der Waals surface area contributed by atoms with E-state index in [1.165, 1.54) is 36.3 Å². The normalized spacial score (nSPS) is 24.2. The molecule has 2 saturated carbocycles. The van der Waals surface area contributed by atoms with Gasteiger partial charge in [0.2, 0.25) is 10.0 Å². The Morgan fingerprint density at radius 3 is 2.27 bits per heavy atom. The Bertz CT molecular complexity index is 1370. The second-order valence-corrected chi connectivity index (χ2v) is 13.7. The Morgan fingerprint density at radius 1 is 0.973 bits per heavy atom. The minimum atomic E-state index is -3.78. The van der Waals surface area contributed by atoms with E-state index in [9.17, 15) is 18.0 Å². The summed E-state index contributed by atoms with van der Waals surface area (Å²) in [5, 5.41) is 7.17. The second kappa shape index (κ2) is 7.76. The maximum atomic E-state index is 13.2. The van der Waals surface area contributed by atoms with Gasteiger partial charge in [0.15, 0.2) is 5.82 Å². The molecular weight excluding hydrogens is 494 g/mol. The predicted molar refractivity (Wildman–Crippen MR) is 132 cm³/mol. The Labute approximate surface area is 215 Å². The lowest BCUT2D eigenvalue weighted by Gasteiger charge is -2.63. The van der Waals surface area contributed by atoms with E-state index in [1.807, 2.05) is 20.8 Å². The molecule has 4 heterocycles. The van der Waals surface area contributed by atoms with Crippen molar-refractivity contribution >= 4 is 22.0 Å². The van der Waals surface area contributed by atoms with Crippen LogP contribution in [0.3, 0.4) is 0 Å². The lowest BCUT2D eigenvalue weighted by Crippen LogP contribution is -2.76. The topological polar surface area (TPSA) is 121 Å². The number of urea groups is 1. The summed E-state index contributed by atoms with van der Waals surface area (Å²) in [6, 6.07) is 6.72. The summed E-state index contributed by atoms with van der Waals surface area (Å²) in [7, 11) is -2.29. The molecule has 2 aliphatic carbocycles. The first-order chi connectivity index (χ1) is 17.7. The summed E-state index contributed by atoms with van der Waals surface area (Å²) < 4.78 is 29.8. The Balaban J connectivity index is 0.899. The van der Waals surface area contributed by atoms with E-state index >= 15 is 0 Å². The van der Waals surface area contributed by atoms with E-state index in [4.69, 9.17) is 0 Å². The van der Waals surface area contributed by atoms with Gasteiger partial charge in [-0.05, 0) is 37.8 Å². The molecule has 7 rings (SSSR count). The molecule has 3 aliphatic heterocycles. The van der Waals surface area contributed by atoms with Gasteiger partial charge in [-0.25, -0.2) is 22.9 Å². The number of amides is 3. The highest BCUT2D eigenvalue weighted by Gasteiger charge is 2.60. The highest BCUT2D eigenvalue weighted by atomic mass is 32.2. The van der Waals surface area contributed by atoms with Crippen molar-refractivity contribution in [3.8, 4) is 0 Å². The zero-order valence-corrected chi connectivity index (χ0v) is 21.7. The molecule has 1 aromatic heterocycles. The maximum absolute atomic E-state index is 13.2. The molecule has 2 spiro atoms. The summed E-state index contributed by atoms with van der Waals surface area (Å²) in [5.41, 5.74) is 0.184. The zero-order valence-electron chi connectivity index (χ0n) is 20.8. The molecule has 37 heavy (non-hydrogen) atoms. The Morgan fingerprint density at radius 2 is 1.62 bits per heavy atom. The van der Waals surface area contributed by atoms with Crippen molar-refractivity contribution in [2.24, 2.45) is 10.8 Å². The van der Waals surface area contributed by atoms with Crippen molar-refractivity contribution in [3.63, 3.8) is 0 Å². The average Bonchev–Trinajstić information content (AvgIpc) is 3.52. The molecule has 2 aromatic rings. The third-order valence-electron chi connectivity index (χ3n) is 8.83. The number of rotatable bonds is 5. The first-order valence-electron chi connectivity index (χ1n) is 13.0. The van der Waals surface area contributed by atoms with Crippen LogP contribution in [0.4, 0.5) is 4.79 Å². The molecule has 0 atom stereocenters. The number of hydrogen-bond donors (Lipinski definition) is 1. The summed E-state index contributed by atoms with van der Waals surface area (Å²) in [6.07, 6.45) is 6.35. The number of aromatic nitrogens is 3. The van der Waals surface area contributed by atoms with Crippen molar-refractivity contribution in [1.29, 1.82) is 0 Å². The quantitative estimate of drug-likeness (QED) is 0.628. The molecule has 196 valence electrons. The first-order valence-corrected chi connectivity index (χ1v) is 14.4. The van der Waals surface area contributed by atoms with Crippen LogP contribution in [0.25, 0.3) is 0 Å². The highest BCUT2D eigenvalue weighted by molar-refractivity contribution is 7.89. The van der Waals surface area contributed by atoms with Crippen LogP contribution in [0.15, 0.2) is 35.5 Å². The molecule has 12 heteroatoms. The van der Waals surface area contributed by atoms with Gasteiger partial charge >= 0.3 is 6.03 Å². The summed E-state index contributed by atoms with van der Waals surface area (Å²) >= 11 is 0. The van der Waals surface area contributed by atoms with Crippen molar-refractivity contribution in [2.75, 3.05) is 46.3 Å². The second-order valence-electron chi connectivity index (χ2n) is 11.8. The monoisotopic (exact) mass is 525 g/mol.